The van der Waals surface area contributed by atoms with Crippen LogP contribution in [0.3, 0.4) is 0 Å². The number of nitrogens with one attached hydrogen (secondary N) is 1. The lowest BCUT2D eigenvalue weighted by Crippen LogP contribution is -2.30. The highest BCUT2D eigenvalue weighted by Crippen LogP contribution is 2.20. The highest BCUT2D eigenvalue weighted by Gasteiger charge is 2.16. The van der Waals surface area contributed by atoms with Crippen molar-refractivity contribution in [2.75, 3.05) is 13.7 Å². The van der Waals surface area contributed by atoms with Crippen molar-refractivity contribution in [2.45, 2.75) is 45.3 Å². The summed E-state index contributed by atoms with van der Waals surface area (Å²) in [5.74, 6) is 0. The average molecular weight is 270 g/mol. The van der Waals surface area contributed by atoms with Gasteiger partial charge in [0.15, 0.2) is 0 Å². The first-order chi connectivity index (χ1) is 8.48. The molecule has 1 atom stereocenters. The van der Waals surface area contributed by atoms with E-state index in [0.717, 1.165) is 24.4 Å². The Morgan fingerprint density at radius 2 is 1.89 bits per heavy atom. The molecule has 18 heavy (non-hydrogen) atoms. The Bertz CT molecular complexity index is 348. The van der Waals surface area contributed by atoms with Crippen molar-refractivity contribution in [3.63, 3.8) is 0 Å². The molecule has 1 aromatic carbocycles. The summed E-state index contributed by atoms with van der Waals surface area (Å²) in [6.45, 7) is 7.35. The van der Waals surface area contributed by atoms with Crippen LogP contribution in [0.4, 0.5) is 0 Å². The second-order valence-electron chi connectivity index (χ2n) is 5.18. The third-order valence-corrected chi connectivity index (χ3v) is 3.60. The number of ether oxygens (including phenoxy) is 1. The van der Waals surface area contributed by atoms with Gasteiger partial charge in [0.05, 0.1) is 5.60 Å². The molecule has 1 N–H and O–H groups in total. The van der Waals surface area contributed by atoms with Crippen molar-refractivity contribution >= 4 is 11.6 Å². The van der Waals surface area contributed by atoms with Crippen molar-refractivity contribution in [3.8, 4) is 0 Å². The topological polar surface area (TPSA) is 21.3 Å². The molecule has 102 valence electrons. The molecule has 1 aromatic rings. The quantitative estimate of drug-likeness (QED) is 0.801. The minimum atomic E-state index is -0.0642. The molecule has 0 fully saturated rings. The van der Waals surface area contributed by atoms with E-state index in [-0.39, 0.29) is 5.60 Å². The SMILES string of the molecule is CCC(NCCC(C)(C)OC)c1ccc(Cl)cc1. The zero-order valence-corrected chi connectivity index (χ0v) is 12.6. The van der Waals surface area contributed by atoms with Gasteiger partial charge in [-0.15, -0.1) is 0 Å². The molecular weight excluding hydrogens is 246 g/mol. The summed E-state index contributed by atoms with van der Waals surface area (Å²) in [5, 5.41) is 4.36. The van der Waals surface area contributed by atoms with Crippen LogP contribution in [0.1, 0.15) is 45.2 Å². The maximum atomic E-state index is 5.91. The van der Waals surface area contributed by atoms with Gasteiger partial charge in [0.1, 0.15) is 0 Å². The van der Waals surface area contributed by atoms with Crippen molar-refractivity contribution in [2.24, 2.45) is 0 Å². The molecular formula is C15H24ClNO. The summed E-state index contributed by atoms with van der Waals surface area (Å²) in [6.07, 6.45) is 2.06. The van der Waals surface area contributed by atoms with E-state index in [1.807, 2.05) is 12.1 Å². The summed E-state index contributed by atoms with van der Waals surface area (Å²) in [7, 11) is 1.76. The standard InChI is InChI=1S/C15H24ClNO/c1-5-14(12-6-8-13(16)9-7-12)17-11-10-15(2,3)18-4/h6-9,14,17H,5,10-11H2,1-4H3. The van der Waals surface area contributed by atoms with Crippen molar-refractivity contribution in [3.05, 3.63) is 34.9 Å². The van der Waals surface area contributed by atoms with E-state index in [2.05, 4.69) is 38.2 Å². The number of halogens is 1. The van der Waals surface area contributed by atoms with Crippen molar-refractivity contribution in [1.29, 1.82) is 0 Å². The molecule has 0 aliphatic carbocycles. The van der Waals surface area contributed by atoms with E-state index in [0.29, 0.717) is 6.04 Å². The second-order valence-corrected chi connectivity index (χ2v) is 5.62. The fourth-order valence-corrected chi connectivity index (χ4v) is 1.97. The molecule has 0 heterocycles. The smallest absolute Gasteiger partial charge is 0.0634 e. The average Bonchev–Trinajstić information content (AvgIpc) is 2.36. The molecule has 3 heteroatoms. The molecule has 1 rings (SSSR count). The predicted molar refractivity (Wildman–Crippen MR) is 78.2 cm³/mol. The van der Waals surface area contributed by atoms with E-state index >= 15 is 0 Å². The van der Waals surface area contributed by atoms with Crippen LogP contribution >= 0.6 is 11.6 Å². The van der Waals surface area contributed by atoms with E-state index in [1.165, 1.54) is 5.56 Å². The predicted octanol–water partition coefficient (Wildman–Crippen LogP) is 4.20. The van der Waals surface area contributed by atoms with Gasteiger partial charge in [0.25, 0.3) is 0 Å². The number of benzene rings is 1. The van der Waals surface area contributed by atoms with Crippen LogP contribution in [0.5, 0.6) is 0 Å². The summed E-state index contributed by atoms with van der Waals surface area (Å²) in [5.41, 5.74) is 1.22. The number of hydrogen-bond donors (Lipinski definition) is 1. The molecule has 0 amide bonds. The molecule has 1 unspecified atom stereocenters. The first-order valence-electron chi connectivity index (χ1n) is 6.52. The molecule has 0 bridgehead atoms. The second kappa shape index (κ2) is 7.13. The molecule has 0 saturated heterocycles. The highest BCUT2D eigenvalue weighted by atomic mass is 35.5. The fourth-order valence-electron chi connectivity index (χ4n) is 1.84. The highest BCUT2D eigenvalue weighted by molar-refractivity contribution is 6.30. The lowest BCUT2D eigenvalue weighted by molar-refractivity contribution is 0.0153. The van der Waals surface area contributed by atoms with Crippen LogP contribution in [0, 0.1) is 0 Å². The van der Waals surface area contributed by atoms with Gasteiger partial charge in [0.2, 0.25) is 0 Å². The van der Waals surface area contributed by atoms with E-state index < -0.39 is 0 Å². The monoisotopic (exact) mass is 269 g/mol. The number of methoxy groups -OCH3 is 1. The molecule has 0 saturated carbocycles. The minimum absolute atomic E-state index is 0.0642. The van der Waals surface area contributed by atoms with Crippen molar-refractivity contribution in [1.82, 2.24) is 5.32 Å². The molecule has 0 aromatic heterocycles. The third-order valence-electron chi connectivity index (χ3n) is 3.35. The Balaban J connectivity index is 2.50. The Morgan fingerprint density at radius 1 is 1.28 bits per heavy atom. The van der Waals surface area contributed by atoms with Crippen molar-refractivity contribution < 1.29 is 4.74 Å². The van der Waals surface area contributed by atoms with Gasteiger partial charge in [-0.25, -0.2) is 0 Å². The third kappa shape index (κ3) is 4.97. The minimum Gasteiger partial charge on any atom is -0.379 e. The number of rotatable bonds is 7. The summed E-state index contributed by atoms with van der Waals surface area (Å²) in [4.78, 5) is 0. The zero-order valence-electron chi connectivity index (χ0n) is 11.8. The normalized spacial score (nSPS) is 13.6. The van der Waals surface area contributed by atoms with E-state index in [9.17, 15) is 0 Å². The van der Waals surface area contributed by atoms with Gasteiger partial charge in [-0.05, 0) is 50.9 Å². The summed E-state index contributed by atoms with van der Waals surface area (Å²) in [6, 6.07) is 8.45. The van der Waals surface area contributed by atoms with E-state index in [1.54, 1.807) is 7.11 Å². The van der Waals surface area contributed by atoms with E-state index in [4.69, 9.17) is 16.3 Å². The van der Waals surface area contributed by atoms with Crippen LogP contribution in [0.25, 0.3) is 0 Å². The molecule has 0 aliphatic rings. The molecule has 0 aliphatic heterocycles. The van der Waals surface area contributed by atoms with Crippen LogP contribution in [0.15, 0.2) is 24.3 Å². The summed E-state index contributed by atoms with van der Waals surface area (Å²) >= 11 is 5.91. The Morgan fingerprint density at radius 3 is 2.39 bits per heavy atom. The molecule has 2 nitrogen and oxygen atoms in total. The Labute approximate surface area is 116 Å². The van der Waals surface area contributed by atoms with Gasteiger partial charge in [-0.2, -0.15) is 0 Å². The number of hydrogen-bond acceptors (Lipinski definition) is 2. The molecule has 0 radical (unpaired) electrons. The maximum Gasteiger partial charge on any atom is 0.0634 e. The van der Waals surface area contributed by atoms with Gasteiger partial charge in [-0.1, -0.05) is 30.7 Å². The van der Waals surface area contributed by atoms with Crippen LogP contribution in [-0.4, -0.2) is 19.3 Å². The first-order valence-corrected chi connectivity index (χ1v) is 6.90. The maximum absolute atomic E-state index is 5.91. The summed E-state index contributed by atoms with van der Waals surface area (Å²) < 4.78 is 5.42. The largest absolute Gasteiger partial charge is 0.379 e. The van der Waals surface area contributed by atoms with Gasteiger partial charge < -0.3 is 10.1 Å². The fraction of sp³-hybridized carbons (Fsp3) is 0.600. The lowest BCUT2D eigenvalue weighted by atomic mass is 10.0. The first kappa shape index (κ1) is 15.5. The molecule has 0 spiro atoms. The zero-order chi connectivity index (χ0) is 13.6. The van der Waals surface area contributed by atoms with Crippen LogP contribution in [-0.2, 0) is 4.74 Å². The lowest BCUT2D eigenvalue weighted by Gasteiger charge is -2.25. The Hall–Kier alpha value is -0.570. The Kier molecular flexibility index (Phi) is 6.13. The van der Waals surface area contributed by atoms with Crippen LogP contribution in [0.2, 0.25) is 5.02 Å². The van der Waals surface area contributed by atoms with Gasteiger partial charge in [0, 0.05) is 18.2 Å². The van der Waals surface area contributed by atoms with Gasteiger partial charge in [-0.3, -0.25) is 0 Å². The van der Waals surface area contributed by atoms with Crippen LogP contribution < -0.4 is 5.32 Å². The van der Waals surface area contributed by atoms with Gasteiger partial charge >= 0.3 is 0 Å².